The third-order valence-electron chi connectivity index (χ3n) is 4.77. The van der Waals surface area contributed by atoms with Gasteiger partial charge >= 0.3 is 6.36 Å². The van der Waals surface area contributed by atoms with Gasteiger partial charge in [-0.3, -0.25) is 14.6 Å². The molecule has 0 amide bonds. The number of ether oxygens (including phenoxy) is 2. The standard InChI is InChI=1S/C24H17F3N2O4/c25-24(26,27)33-19-10-7-18(8-11-19)29-23(22(31)14-30)21-12-20(9-6-17(21)13-28-29)32-15-16-4-2-1-3-5-16/h1-14,28H,15H2. The highest BCUT2D eigenvalue weighted by atomic mass is 19.4. The first-order valence-corrected chi connectivity index (χ1v) is 9.77. The first-order chi connectivity index (χ1) is 15.8. The molecule has 0 radical (unpaired) electrons. The number of hydrazine groups is 1. The SMILES string of the molecule is O=CC(=O)C1=c2cc(OCc3ccccc3)ccc2=CNN1c1ccc(OC(F)(F)F)cc1. The van der Waals surface area contributed by atoms with Gasteiger partial charge in [-0.2, -0.15) is 0 Å². The summed E-state index contributed by atoms with van der Waals surface area (Å²) in [6, 6.07) is 19.5. The smallest absolute Gasteiger partial charge is 0.489 e. The topological polar surface area (TPSA) is 67.9 Å². The second-order valence-corrected chi connectivity index (χ2v) is 7.00. The number of hydrogen-bond acceptors (Lipinski definition) is 6. The van der Waals surface area contributed by atoms with Gasteiger partial charge in [-0.1, -0.05) is 30.3 Å². The van der Waals surface area contributed by atoms with Gasteiger partial charge in [-0.05, 0) is 48.0 Å². The Morgan fingerprint density at radius 1 is 0.970 bits per heavy atom. The fourth-order valence-corrected chi connectivity index (χ4v) is 3.32. The lowest BCUT2D eigenvalue weighted by Crippen LogP contribution is -2.49. The second kappa shape index (κ2) is 9.07. The van der Waals surface area contributed by atoms with Crippen LogP contribution in [0.5, 0.6) is 11.5 Å². The van der Waals surface area contributed by atoms with Crippen LogP contribution in [-0.4, -0.2) is 18.4 Å². The Labute approximate surface area is 186 Å². The fraction of sp³-hybridized carbons (Fsp3) is 0.0833. The van der Waals surface area contributed by atoms with E-state index in [1.807, 2.05) is 30.3 Å². The molecule has 1 N–H and O–H groups in total. The number of ketones is 1. The Balaban J connectivity index is 1.70. The third kappa shape index (κ3) is 5.15. The molecule has 1 aliphatic heterocycles. The average Bonchev–Trinajstić information content (AvgIpc) is 2.81. The van der Waals surface area contributed by atoms with Crippen LogP contribution in [0.4, 0.5) is 18.9 Å². The maximum atomic E-state index is 12.5. The largest absolute Gasteiger partial charge is 0.573 e. The summed E-state index contributed by atoms with van der Waals surface area (Å²) in [5.41, 5.74) is 4.18. The van der Waals surface area contributed by atoms with Crippen molar-refractivity contribution in [1.29, 1.82) is 0 Å². The van der Waals surface area contributed by atoms with Crippen LogP contribution in [0.1, 0.15) is 5.56 Å². The molecule has 0 unspecified atom stereocenters. The zero-order chi connectivity index (χ0) is 23.4. The van der Waals surface area contributed by atoms with E-state index >= 15 is 0 Å². The Bertz CT molecular complexity index is 1290. The van der Waals surface area contributed by atoms with E-state index in [2.05, 4.69) is 10.2 Å². The van der Waals surface area contributed by atoms with Crippen LogP contribution in [0.3, 0.4) is 0 Å². The number of carbonyl (C=O) groups is 2. The number of rotatable bonds is 7. The number of benzene rings is 3. The average molecular weight is 454 g/mol. The zero-order valence-corrected chi connectivity index (χ0v) is 17.0. The van der Waals surface area contributed by atoms with Crippen molar-refractivity contribution in [3.8, 4) is 11.5 Å². The van der Waals surface area contributed by atoms with E-state index in [4.69, 9.17) is 4.74 Å². The summed E-state index contributed by atoms with van der Waals surface area (Å²) in [5, 5.41) is 2.39. The van der Waals surface area contributed by atoms with Crippen LogP contribution in [0, 0.1) is 0 Å². The molecule has 0 bridgehead atoms. The van der Waals surface area contributed by atoms with Gasteiger partial charge < -0.3 is 14.9 Å². The van der Waals surface area contributed by atoms with Gasteiger partial charge in [0.2, 0.25) is 5.78 Å². The zero-order valence-electron chi connectivity index (χ0n) is 17.0. The fourth-order valence-electron chi connectivity index (χ4n) is 3.32. The summed E-state index contributed by atoms with van der Waals surface area (Å²) in [5.74, 6) is -0.738. The molecule has 0 aliphatic carbocycles. The molecule has 6 nitrogen and oxygen atoms in total. The number of fused-ring (bicyclic) bond motifs is 1. The quantitative estimate of drug-likeness (QED) is 0.438. The molecule has 0 atom stereocenters. The van der Waals surface area contributed by atoms with E-state index in [1.54, 1.807) is 24.4 Å². The molecule has 33 heavy (non-hydrogen) atoms. The Morgan fingerprint density at radius 3 is 2.33 bits per heavy atom. The molecule has 9 heteroatoms. The van der Waals surface area contributed by atoms with Gasteiger partial charge in [0, 0.05) is 16.6 Å². The van der Waals surface area contributed by atoms with Crippen LogP contribution in [-0.2, 0) is 16.2 Å². The molecule has 0 fully saturated rings. The normalized spacial score (nSPS) is 12.8. The lowest BCUT2D eigenvalue weighted by molar-refractivity contribution is -0.274. The first kappa shape index (κ1) is 21.9. The van der Waals surface area contributed by atoms with E-state index in [0.29, 0.717) is 28.5 Å². The summed E-state index contributed by atoms with van der Waals surface area (Å²) >= 11 is 0. The molecule has 0 saturated heterocycles. The van der Waals surface area contributed by atoms with E-state index < -0.39 is 17.9 Å². The Morgan fingerprint density at radius 2 is 1.67 bits per heavy atom. The van der Waals surface area contributed by atoms with Crippen LogP contribution < -0.4 is 30.3 Å². The number of nitrogens with one attached hydrogen (secondary N) is 1. The van der Waals surface area contributed by atoms with E-state index in [-0.39, 0.29) is 12.0 Å². The predicted molar refractivity (Wildman–Crippen MR) is 114 cm³/mol. The highest BCUT2D eigenvalue weighted by Crippen LogP contribution is 2.26. The van der Waals surface area contributed by atoms with Crippen molar-refractivity contribution in [1.82, 2.24) is 5.43 Å². The van der Waals surface area contributed by atoms with Gasteiger partial charge in [0.15, 0.2) is 6.29 Å². The minimum atomic E-state index is -4.82. The number of anilines is 1. The maximum absolute atomic E-state index is 12.5. The number of hydrogen-bond donors (Lipinski definition) is 1. The van der Waals surface area contributed by atoms with E-state index in [0.717, 1.165) is 17.7 Å². The molecular weight excluding hydrogens is 437 g/mol. The summed E-state index contributed by atoms with van der Waals surface area (Å²) in [6.45, 7) is 0.308. The Kier molecular flexibility index (Phi) is 6.03. The number of aldehydes is 1. The van der Waals surface area contributed by atoms with Crippen molar-refractivity contribution in [3.63, 3.8) is 0 Å². The van der Waals surface area contributed by atoms with Gasteiger partial charge in [0.05, 0.1) is 5.69 Å². The summed E-state index contributed by atoms with van der Waals surface area (Å²) in [6.07, 6.45) is -3.03. The highest BCUT2D eigenvalue weighted by molar-refractivity contribution is 6.45. The number of Topliss-reactive ketones (excluding diaryl/α,β-unsaturated/α-hetero) is 1. The lowest BCUT2D eigenvalue weighted by atomic mass is 10.1. The number of halogens is 3. The molecule has 3 aromatic carbocycles. The second-order valence-electron chi connectivity index (χ2n) is 7.00. The van der Waals surface area contributed by atoms with Crippen molar-refractivity contribution in [2.45, 2.75) is 13.0 Å². The maximum Gasteiger partial charge on any atom is 0.573 e. The minimum absolute atomic E-state index is 0.0113. The highest BCUT2D eigenvalue weighted by Gasteiger charge is 2.31. The van der Waals surface area contributed by atoms with Crippen LogP contribution in [0.2, 0.25) is 0 Å². The third-order valence-corrected chi connectivity index (χ3v) is 4.77. The molecule has 0 saturated carbocycles. The van der Waals surface area contributed by atoms with Crippen molar-refractivity contribution >= 4 is 29.7 Å². The summed E-state index contributed by atoms with van der Waals surface area (Å²) in [4.78, 5) is 23.9. The van der Waals surface area contributed by atoms with E-state index in [1.165, 1.54) is 17.1 Å². The molecule has 0 spiro atoms. The molecule has 0 aromatic heterocycles. The number of nitrogens with zero attached hydrogens (tertiary/aromatic N) is 1. The molecule has 4 rings (SSSR count). The number of alkyl halides is 3. The molecule has 1 aliphatic rings. The Hall–Kier alpha value is -4.27. The summed E-state index contributed by atoms with van der Waals surface area (Å²) in [7, 11) is 0. The monoisotopic (exact) mass is 454 g/mol. The summed E-state index contributed by atoms with van der Waals surface area (Å²) < 4.78 is 47.0. The number of carbonyl (C=O) groups excluding carboxylic acids is 2. The van der Waals surface area contributed by atoms with Crippen LogP contribution in [0.25, 0.3) is 11.9 Å². The van der Waals surface area contributed by atoms with Crippen LogP contribution in [0.15, 0.2) is 72.8 Å². The van der Waals surface area contributed by atoms with Crippen molar-refractivity contribution in [3.05, 3.63) is 88.8 Å². The lowest BCUT2D eigenvalue weighted by Gasteiger charge is -2.28. The van der Waals surface area contributed by atoms with Gasteiger partial charge in [-0.15, -0.1) is 13.2 Å². The minimum Gasteiger partial charge on any atom is -0.489 e. The molecule has 168 valence electrons. The van der Waals surface area contributed by atoms with Crippen LogP contribution >= 0.6 is 0 Å². The molecule has 3 aromatic rings. The van der Waals surface area contributed by atoms with E-state index in [9.17, 15) is 22.8 Å². The molecular formula is C24H17F3N2O4. The van der Waals surface area contributed by atoms with Gasteiger partial charge in [0.1, 0.15) is 23.8 Å². The van der Waals surface area contributed by atoms with Gasteiger partial charge in [-0.25, -0.2) is 0 Å². The van der Waals surface area contributed by atoms with Crippen molar-refractivity contribution in [2.75, 3.05) is 5.01 Å². The first-order valence-electron chi connectivity index (χ1n) is 9.77. The van der Waals surface area contributed by atoms with Gasteiger partial charge in [0.25, 0.3) is 0 Å². The molecule has 1 heterocycles. The predicted octanol–water partition coefficient (Wildman–Crippen LogP) is 2.80. The van der Waals surface area contributed by atoms with Crippen molar-refractivity contribution < 1.29 is 32.2 Å². The van der Waals surface area contributed by atoms with Crippen molar-refractivity contribution in [2.24, 2.45) is 0 Å².